The Hall–Kier alpha value is -1.89. The van der Waals surface area contributed by atoms with Crippen molar-refractivity contribution >= 4 is 11.9 Å². The number of amides is 1. The summed E-state index contributed by atoms with van der Waals surface area (Å²) in [7, 11) is 3.29. The minimum absolute atomic E-state index is 0.193. The second-order valence-electron chi connectivity index (χ2n) is 5.18. The van der Waals surface area contributed by atoms with Gasteiger partial charge >= 0.3 is 5.97 Å². The van der Waals surface area contributed by atoms with E-state index in [4.69, 9.17) is 4.74 Å². The summed E-state index contributed by atoms with van der Waals surface area (Å²) in [6.07, 6.45) is 4.38. The minimum atomic E-state index is -1.12. The van der Waals surface area contributed by atoms with E-state index in [0.29, 0.717) is 38.0 Å². The van der Waals surface area contributed by atoms with Crippen LogP contribution in [0.15, 0.2) is 12.4 Å². The molecule has 1 unspecified atom stereocenters. The highest BCUT2D eigenvalue weighted by Crippen LogP contribution is 2.29. The molecule has 1 amide bonds. The zero-order chi connectivity index (χ0) is 14.8. The molecule has 1 atom stereocenters. The fourth-order valence-electron chi connectivity index (χ4n) is 2.40. The molecule has 2 heterocycles. The molecule has 1 N–H and O–H groups in total. The van der Waals surface area contributed by atoms with Gasteiger partial charge in [-0.1, -0.05) is 0 Å². The van der Waals surface area contributed by atoms with Crippen LogP contribution in [0.5, 0.6) is 0 Å². The first-order valence-corrected chi connectivity index (χ1v) is 6.55. The summed E-state index contributed by atoms with van der Waals surface area (Å²) in [6, 6.07) is 0. The molecule has 0 radical (unpaired) electrons. The maximum Gasteiger partial charge on any atom is 0.331 e. The molecule has 0 saturated carbocycles. The maximum atomic E-state index is 11.9. The van der Waals surface area contributed by atoms with Gasteiger partial charge < -0.3 is 14.7 Å². The van der Waals surface area contributed by atoms with Crippen LogP contribution in [-0.4, -0.2) is 59.0 Å². The maximum absolute atomic E-state index is 11.9. The van der Waals surface area contributed by atoms with E-state index in [2.05, 4.69) is 5.10 Å². The number of carbonyl (C=O) groups is 2. The quantitative estimate of drug-likeness (QED) is 0.875. The second kappa shape index (κ2) is 5.62. The number of hydrogen-bond acceptors (Lipinski definition) is 4. The first kappa shape index (κ1) is 14.5. The fraction of sp³-hybridized carbons (Fsp3) is 0.615. The predicted molar refractivity (Wildman–Crippen MR) is 70.5 cm³/mol. The zero-order valence-corrected chi connectivity index (χ0v) is 11.7. The molecule has 20 heavy (non-hydrogen) atoms. The number of carbonyl (C=O) groups excluding carboxylic acids is 1. The van der Waals surface area contributed by atoms with Gasteiger partial charge in [0.25, 0.3) is 5.91 Å². The van der Waals surface area contributed by atoms with Crippen molar-refractivity contribution in [2.24, 2.45) is 0 Å². The van der Waals surface area contributed by atoms with Crippen LogP contribution < -0.4 is 0 Å². The summed E-state index contributed by atoms with van der Waals surface area (Å²) < 4.78 is 6.74. The first-order valence-electron chi connectivity index (χ1n) is 6.55. The van der Waals surface area contributed by atoms with Gasteiger partial charge in [0, 0.05) is 39.9 Å². The van der Waals surface area contributed by atoms with Gasteiger partial charge in [-0.2, -0.15) is 5.10 Å². The van der Waals surface area contributed by atoms with Crippen LogP contribution in [-0.2, 0) is 15.1 Å². The third-order valence-electron chi connectivity index (χ3n) is 3.61. The summed E-state index contributed by atoms with van der Waals surface area (Å²) in [6.45, 7) is 0.933. The van der Waals surface area contributed by atoms with Crippen molar-refractivity contribution in [2.45, 2.75) is 24.8 Å². The van der Waals surface area contributed by atoms with Gasteiger partial charge in [0.05, 0.1) is 11.8 Å². The van der Waals surface area contributed by atoms with Gasteiger partial charge in [0.15, 0.2) is 5.54 Å². The van der Waals surface area contributed by atoms with Crippen LogP contribution in [0.25, 0.3) is 0 Å². The van der Waals surface area contributed by atoms with E-state index in [1.54, 1.807) is 14.1 Å². The molecular weight excluding hydrogens is 262 g/mol. The van der Waals surface area contributed by atoms with Crippen LogP contribution in [0.3, 0.4) is 0 Å². The number of aliphatic carboxylic acids is 1. The van der Waals surface area contributed by atoms with E-state index in [-0.39, 0.29) is 5.91 Å². The number of ether oxygens (including phenoxy) is 1. The molecule has 1 aromatic rings. The monoisotopic (exact) mass is 281 g/mol. The Morgan fingerprint density at radius 2 is 2.15 bits per heavy atom. The van der Waals surface area contributed by atoms with Crippen LogP contribution >= 0.6 is 0 Å². The van der Waals surface area contributed by atoms with E-state index in [1.165, 1.54) is 22.0 Å². The van der Waals surface area contributed by atoms with Gasteiger partial charge in [-0.05, 0) is 12.8 Å². The average molecular weight is 281 g/mol. The van der Waals surface area contributed by atoms with E-state index < -0.39 is 11.5 Å². The molecule has 7 nitrogen and oxygen atoms in total. The van der Waals surface area contributed by atoms with Crippen LogP contribution in [0, 0.1) is 0 Å². The third kappa shape index (κ3) is 2.53. The normalized spacial score (nSPS) is 23.1. The van der Waals surface area contributed by atoms with Crippen LogP contribution in [0.4, 0.5) is 0 Å². The van der Waals surface area contributed by atoms with Crippen molar-refractivity contribution in [3.05, 3.63) is 18.0 Å². The molecule has 0 aliphatic carbocycles. The lowest BCUT2D eigenvalue weighted by Crippen LogP contribution is -2.42. The van der Waals surface area contributed by atoms with Gasteiger partial charge in [0.2, 0.25) is 0 Å². The van der Waals surface area contributed by atoms with Crippen molar-refractivity contribution in [1.29, 1.82) is 0 Å². The SMILES string of the molecule is CN(C)C(=O)c1cnn(C2(C(=O)O)CCCOCC2)c1. The van der Waals surface area contributed by atoms with Gasteiger partial charge in [-0.25, -0.2) is 4.79 Å². The molecule has 0 bridgehead atoms. The largest absolute Gasteiger partial charge is 0.479 e. The lowest BCUT2D eigenvalue weighted by atomic mass is 9.91. The second-order valence-corrected chi connectivity index (χ2v) is 5.18. The molecule has 1 fully saturated rings. The Morgan fingerprint density at radius 3 is 2.80 bits per heavy atom. The summed E-state index contributed by atoms with van der Waals surface area (Å²) in [5.41, 5.74) is -0.734. The number of aromatic nitrogens is 2. The Balaban J connectivity index is 2.35. The molecule has 1 aromatic heterocycles. The van der Waals surface area contributed by atoms with Crippen LogP contribution in [0.1, 0.15) is 29.6 Å². The van der Waals surface area contributed by atoms with E-state index in [9.17, 15) is 14.7 Å². The summed E-state index contributed by atoms with van der Waals surface area (Å²) in [5, 5.41) is 13.7. The molecule has 110 valence electrons. The first-order chi connectivity index (χ1) is 9.47. The molecule has 2 rings (SSSR count). The molecule has 1 aliphatic heterocycles. The van der Waals surface area contributed by atoms with Crippen molar-refractivity contribution < 1.29 is 19.4 Å². The van der Waals surface area contributed by atoms with Crippen molar-refractivity contribution in [3.8, 4) is 0 Å². The predicted octanol–water partition coefficient (Wildman–Crippen LogP) is 0.565. The molecule has 0 aromatic carbocycles. The summed E-state index contributed by atoms with van der Waals surface area (Å²) in [5.74, 6) is -1.13. The zero-order valence-electron chi connectivity index (χ0n) is 11.7. The molecule has 1 saturated heterocycles. The Kier molecular flexibility index (Phi) is 4.08. The number of nitrogens with zero attached hydrogens (tertiary/aromatic N) is 3. The number of carboxylic acids is 1. The molecule has 7 heteroatoms. The highest BCUT2D eigenvalue weighted by Gasteiger charge is 2.42. The minimum Gasteiger partial charge on any atom is -0.479 e. The molecule has 1 aliphatic rings. The number of rotatable bonds is 3. The molecular formula is C13H19N3O4. The van der Waals surface area contributed by atoms with Crippen molar-refractivity contribution in [3.63, 3.8) is 0 Å². The van der Waals surface area contributed by atoms with Crippen molar-refractivity contribution in [2.75, 3.05) is 27.3 Å². The Morgan fingerprint density at radius 1 is 1.40 bits per heavy atom. The Labute approximate surface area is 117 Å². The lowest BCUT2D eigenvalue weighted by molar-refractivity contribution is -0.149. The van der Waals surface area contributed by atoms with E-state index >= 15 is 0 Å². The third-order valence-corrected chi connectivity index (χ3v) is 3.61. The molecule has 0 spiro atoms. The van der Waals surface area contributed by atoms with E-state index in [1.807, 2.05) is 0 Å². The average Bonchev–Trinajstić information content (AvgIpc) is 2.75. The summed E-state index contributed by atoms with van der Waals surface area (Å²) in [4.78, 5) is 25.0. The smallest absolute Gasteiger partial charge is 0.331 e. The highest BCUT2D eigenvalue weighted by molar-refractivity contribution is 5.93. The number of hydrogen-bond donors (Lipinski definition) is 1. The lowest BCUT2D eigenvalue weighted by Gasteiger charge is -2.27. The fourth-order valence-corrected chi connectivity index (χ4v) is 2.40. The van der Waals surface area contributed by atoms with Gasteiger partial charge in [-0.3, -0.25) is 9.48 Å². The van der Waals surface area contributed by atoms with Crippen LogP contribution in [0.2, 0.25) is 0 Å². The standard InChI is InChI=1S/C13H19N3O4/c1-15(2)11(17)10-8-14-16(9-10)13(12(18)19)4-3-6-20-7-5-13/h8-9H,3-7H2,1-2H3,(H,18,19). The topological polar surface area (TPSA) is 84.7 Å². The van der Waals surface area contributed by atoms with Crippen molar-refractivity contribution in [1.82, 2.24) is 14.7 Å². The van der Waals surface area contributed by atoms with Gasteiger partial charge in [-0.15, -0.1) is 0 Å². The highest BCUT2D eigenvalue weighted by atomic mass is 16.5. The summed E-state index contributed by atoms with van der Waals surface area (Å²) >= 11 is 0. The van der Waals surface area contributed by atoms with E-state index in [0.717, 1.165) is 0 Å². The number of carboxylic acid groups (broad SMARTS) is 1. The van der Waals surface area contributed by atoms with Gasteiger partial charge in [0.1, 0.15) is 0 Å². The Bertz CT molecular complexity index is 501.